The molecular formula is C21H17N3O3S. The lowest BCUT2D eigenvalue weighted by molar-refractivity contribution is -0.125. The quantitative estimate of drug-likeness (QED) is 0.654. The van der Waals surface area contributed by atoms with Crippen LogP contribution in [0.4, 0.5) is 5.13 Å². The van der Waals surface area contributed by atoms with Gasteiger partial charge in [0.15, 0.2) is 5.13 Å². The van der Waals surface area contributed by atoms with E-state index in [-0.39, 0.29) is 30.1 Å². The van der Waals surface area contributed by atoms with Crippen molar-refractivity contribution in [3.8, 4) is 11.3 Å². The van der Waals surface area contributed by atoms with E-state index in [4.69, 9.17) is 0 Å². The number of aromatic nitrogens is 1. The van der Waals surface area contributed by atoms with E-state index < -0.39 is 0 Å². The lowest BCUT2D eigenvalue weighted by Gasteiger charge is -2.07. The summed E-state index contributed by atoms with van der Waals surface area (Å²) in [5.41, 5.74) is 3.23. The molecule has 3 amide bonds. The molecule has 1 fully saturated rings. The van der Waals surface area contributed by atoms with Crippen molar-refractivity contribution in [2.45, 2.75) is 12.8 Å². The van der Waals surface area contributed by atoms with Crippen molar-refractivity contribution in [3.05, 3.63) is 71.1 Å². The summed E-state index contributed by atoms with van der Waals surface area (Å²) in [5.74, 6) is -1.04. The van der Waals surface area contributed by atoms with Crippen LogP contribution in [-0.2, 0) is 16.0 Å². The summed E-state index contributed by atoms with van der Waals surface area (Å²) in [4.78, 5) is 39.9. The van der Waals surface area contributed by atoms with Gasteiger partial charge in [0.2, 0.25) is 11.8 Å². The van der Waals surface area contributed by atoms with E-state index in [0.29, 0.717) is 17.1 Å². The SMILES string of the molecule is O=C1CC(Cc2ccc(C(=O)Nc3nc(-c4ccccc4)cs3)cc2)C(=O)N1. The molecule has 140 valence electrons. The number of anilines is 1. The van der Waals surface area contributed by atoms with Gasteiger partial charge >= 0.3 is 0 Å². The maximum absolute atomic E-state index is 12.5. The number of carbonyl (C=O) groups is 3. The van der Waals surface area contributed by atoms with Crippen LogP contribution in [0.25, 0.3) is 11.3 Å². The summed E-state index contributed by atoms with van der Waals surface area (Å²) < 4.78 is 0. The largest absolute Gasteiger partial charge is 0.298 e. The second kappa shape index (κ2) is 7.74. The van der Waals surface area contributed by atoms with Crippen LogP contribution >= 0.6 is 11.3 Å². The van der Waals surface area contributed by atoms with Crippen molar-refractivity contribution in [2.24, 2.45) is 5.92 Å². The Hall–Kier alpha value is -3.32. The maximum atomic E-state index is 12.5. The molecule has 7 heteroatoms. The average molecular weight is 391 g/mol. The number of hydrogen-bond donors (Lipinski definition) is 2. The molecule has 1 aromatic heterocycles. The average Bonchev–Trinajstić information content (AvgIpc) is 3.29. The van der Waals surface area contributed by atoms with E-state index in [9.17, 15) is 14.4 Å². The van der Waals surface area contributed by atoms with E-state index in [1.54, 1.807) is 12.1 Å². The van der Waals surface area contributed by atoms with Gasteiger partial charge in [0.1, 0.15) is 0 Å². The Morgan fingerprint density at radius 2 is 1.86 bits per heavy atom. The molecule has 0 aliphatic carbocycles. The maximum Gasteiger partial charge on any atom is 0.257 e. The van der Waals surface area contributed by atoms with Crippen molar-refractivity contribution < 1.29 is 14.4 Å². The highest BCUT2D eigenvalue weighted by Gasteiger charge is 2.30. The summed E-state index contributed by atoms with van der Waals surface area (Å²) in [5, 5.41) is 7.56. The number of nitrogens with one attached hydrogen (secondary N) is 2. The Kier molecular flexibility index (Phi) is 4.99. The van der Waals surface area contributed by atoms with E-state index in [1.807, 2.05) is 47.8 Å². The molecule has 6 nitrogen and oxygen atoms in total. The standard InChI is InChI=1S/C21H17N3O3S/c25-18-11-16(20(27)23-18)10-13-6-8-15(9-7-13)19(26)24-21-22-17(12-28-21)14-4-2-1-3-5-14/h1-9,12,16H,10-11H2,(H,22,24,26)(H,23,25,27). The van der Waals surface area contributed by atoms with Crippen molar-refractivity contribution in [3.63, 3.8) is 0 Å². The van der Waals surface area contributed by atoms with Crippen molar-refractivity contribution in [2.75, 3.05) is 5.32 Å². The fraction of sp³-hybridized carbons (Fsp3) is 0.143. The van der Waals surface area contributed by atoms with E-state index in [2.05, 4.69) is 15.6 Å². The Balaban J connectivity index is 1.39. The van der Waals surface area contributed by atoms with Crippen LogP contribution in [0.2, 0.25) is 0 Å². The highest BCUT2D eigenvalue weighted by Crippen LogP contribution is 2.25. The Morgan fingerprint density at radius 1 is 1.11 bits per heavy atom. The lowest BCUT2D eigenvalue weighted by Crippen LogP contribution is -2.22. The van der Waals surface area contributed by atoms with Crippen LogP contribution in [0, 0.1) is 5.92 Å². The normalized spacial score (nSPS) is 16.1. The molecular weight excluding hydrogens is 374 g/mol. The zero-order valence-electron chi connectivity index (χ0n) is 14.8. The summed E-state index contributed by atoms with van der Waals surface area (Å²) in [6.07, 6.45) is 0.696. The third-order valence-corrected chi connectivity index (χ3v) is 5.32. The first kappa shape index (κ1) is 18.1. The van der Waals surface area contributed by atoms with Gasteiger partial charge in [0.25, 0.3) is 5.91 Å². The summed E-state index contributed by atoms with van der Waals surface area (Å²) in [6.45, 7) is 0. The molecule has 0 saturated carbocycles. The molecule has 1 unspecified atom stereocenters. The zero-order chi connectivity index (χ0) is 19.5. The second-order valence-corrected chi connectivity index (χ2v) is 7.43. The van der Waals surface area contributed by atoms with E-state index in [0.717, 1.165) is 16.8 Å². The minimum absolute atomic E-state index is 0.217. The van der Waals surface area contributed by atoms with Crippen LogP contribution in [0.1, 0.15) is 22.3 Å². The minimum Gasteiger partial charge on any atom is -0.298 e. The smallest absolute Gasteiger partial charge is 0.257 e. The third-order valence-electron chi connectivity index (χ3n) is 4.56. The molecule has 1 atom stereocenters. The molecule has 1 aliphatic heterocycles. The first-order valence-electron chi connectivity index (χ1n) is 8.83. The number of nitrogens with zero attached hydrogens (tertiary/aromatic N) is 1. The van der Waals surface area contributed by atoms with Gasteiger partial charge in [-0.1, -0.05) is 42.5 Å². The fourth-order valence-corrected chi connectivity index (χ4v) is 3.81. The van der Waals surface area contributed by atoms with E-state index in [1.165, 1.54) is 11.3 Å². The van der Waals surface area contributed by atoms with Crippen LogP contribution in [0.5, 0.6) is 0 Å². The first-order chi connectivity index (χ1) is 13.6. The molecule has 0 bridgehead atoms. The Morgan fingerprint density at radius 3 is 2.54 bits per heavy atom. The Bertz CT molecular complexity index is 1030. The molecule has 1 saturated heterocycles. The number of amides is 3. The number of benzene rings is 2. The van der Waals surface area contributed by atoms with Gasteiger partial charge in [-0.3, -0.25) is 25.0 Å². The number of rotatable bonds is 5. The molecule has 2 heterocycles. The topological polar surface area (TPSA) is 88.2 Å². The summed E-state index contributed by atoms with van der Waals surface area (Å²) in [6, 6.07) is 16.8. The van der Waals surface area contributed by atoms with Gasteiger partial charge < -0.3 is 0 Å². The van der Waals surface area contributed by atoms with Crippen LogP contribution in [0.15, 0.2) is 60.0 Å². The molecule has 4 rings (SSSR count). The number of imide groups is 1. The molecule has 2 aromatic carbocycles. The highest BCUT2D eigenvalue weighted by atomic mass is 32.1. The fourth-order valence-electron chi connectivity index (χ4n) is 3.09. The van der Waals surface area contributed by atoms with Gasteiger partial charge in [-0.05, 0) is 24.1 Å². The predicted molar refractivity (Wildman–Crippen MR) is 107 cm³/mol. The van der Waals surface area contributed by atoms with Crippen molar-refractivity contribution >= 4 is 34.2 Å². The van der Waals surface area contributed by atoms with E-state index >= 15 is 0 Å². The van der Waals surface area contributed by atoms with Gasteiger partial charge in [-0.25, -0.2) is 4.98 Å². The van der Waals surface area contributed by atoms with Crippen LogP contribution in [0.3, 0.4) is 0 Å². The van der Waals surface area contributed by atoms with Gasteiger partial charge in [-0.15, -0.1) is 11.3 Å². The second-order valence-electron chi connectivity index (χ2n) is 6.57. The summed E-state index contributed by atoms with van der Waals surface area (Å²) >= 11 is 1.37. The molecule has 0 spiro atoms. The number of carbonyl (C=O) groups excluding carboxylic acids is 3. The lowest BCUT2D eigenvalue weighted by atomic mass is 9.97. The molecule has 3 aromatic rings. The highest BCUT2D eigenvalue weighted by molar-refractivity contribution is 7.14. The van der Waals surface area contributed by atoms with Gasteiger partial charge in [-0.2, -0.15) is 0 Å². The monoisotopic (exact) mass is 391 g/mol. The first-order valence-corrected chi connectivity index (χ1v) is 9.71. The summed E-state index contributed by atoms with van der Waals surface area (Å²) in [7, 11) is 0. The molecule has 1 aliphatic rings. The zero-order valence-corrected chi connectivity index (χ0v) is 15.7. The van der Waals surface area contributed by atoms with Gasteiger partial charge in [0, 0.05) is 22.9 Å². The van der Waals surface area contributed by atoms with Crippen molar-refractivity contribution in [1.29, 1.82) is 0 Å². The van der Waals surface area contributed by atoms with Crippen LogP contribution < -0.4 is 10.6 Å². The van der Waals surface area contributed by atoms with Gasteiger partial charge in [0.05, 0.1) is 11.6 Å². The minimum atomic E-state index is -0.334. The molecule has 0 radical (unpaired) electrons. The third kappa shape index (κ3) is 3.99. The molecule has 28 heavy (non-hydrogen) atoms. The Labute approximate surface area is 165 Å². The molecule has 2 N–H and O–H groups in total. The predicted octanol–water partition coefficient (Wildman–Crippen LogP) is 3.27. The number of hydrogen-bond acceptors (Lipinski definition) is 5. The van der Waals surface area contributed by atoms with Crippen LogP contribution in [-0.4, -0.2) is 22.7 Å². The number of thiazole rings is 1. The van der Waals surface area contributed by atoms with Crippen molar-refractivity contribution in [1.82, 2.24) is 10.3 Å².